The second kappa shape index (κ2) is 9.90. The van der Waals surface area contributed by atoms with Crippen LogP contribution in [-0.2, 0) is 25.6 Å². The summed E-state index contributed by atoms with van der Waals surface area (Å²) < 4.78 is 0. The number of carbonyl (C=O) groups excluding carboxylic acids is 4. The fraction of sp³-hybridized carbons (Fsp3) is 0.200. The fourth-order valence-electron chi connectivity index (χ4n) is 7.20. The summed E-state index contributed by atoms with van der Waals surface area (Å²) in [5, 5.41) is 0.892. The normalized spacial score (nSPS) is 24.3. The first-order valence-corrected chi connectivity index (χ1v) is 14.8. The Bertz CT molecular complexity index is 1840. The van der Waals surface area contributed by atoms with Crippen molar-refractivity contribution >= 4 is 58.2 Å². The summed E-state index contributed by atoms with van der Waals surface area (Å²) in [6, 6.07) is 26.3. The van der Waals surface area contributed by atoms with Gasteiger partial charge in [0, 0.05) is 10.0 Å². The molecule has 8 heteroatoms. The SMILES string of the molecule is Cc1ccc(N2C(=O)[C@@H]3c4ccc(Cl)cc4[C@@H]4C(=O)N(c5ccc(C)cc5)C(=O)[C@@]4(Cc4ccc(Cl)cc4)[C@@H]3C2=O)cc1. The summed E-state index contributed by atoms with van der Waals surface area (Å²) >= 11 is 12.7. The third-order valence-electron chi connectivity index (χ3n) is 9.13. The zero-order chi connectivity index (χ0) is 30.2. The van der Waals surface area contributed by atoms with Gasteiger partial charge in [-0.2, -0.15) is 0 Å². The Morgan fingerprint density at radius 3 is 1.79 bits per heavy atom. The number of halogens is 2. The van der Waals surface area contributed by atoms with E-state index in [1.807, 2.05) is 38.1 Å². The van der Waals surface area contributed by atoms with Crippen LogP contribution in [0.3, 0.4) is 0 Å². The molecule has 0 spiro atoms. The topological polar surface area (TPSA) is 74.8 Å². The molecule has 4 amide bonds. The van der Waals surface area contributed by atoms with Gasteiger partial charge in [-0.25, -0.2) is 9.80 Å². The smallest absolute Gasteiger partial charge is 0.242 e. The van der Waals surface area contributed by atoms with E-state index in [1.54, 1.807) is 66.7 Å². The predicted octanol–water partition coefficient (Wildman–Crippen LogP) is 6.78. The van der Waals surface area contributed by atoms with Gasteiger partial charge in [0.2, 0.25) is 23.6 Å². The van der Waals surface area contributed by atoms with Crippen LogP contribution in [0.25, 0.3) is 0 Å². The number of carbonyl (C=O) groups is 4. The van der Waals surface area contributed by atoms with Crippen molar-refractivity contribution in [2.45, 2.75) is 32.1 Å². The van der Waals surface area contributed by atoms with Crippen LogP contribution in [0.15, 0.2) is 91.0 Å². The lowest BCUT2D eigenvalue weighted by atomic mass is 9.54. The Morgan fingerprint density at radius 1 is 0.628 bits per heavy atom. The number of imide groups is 2. The number of nitrogens with zero attached hydrogens (tertiary/aromatic N) is 2. The molecule has 4 aromatic rings. The first kappa shape index (κ1) is 27.6. The lowest BCUT2D eigenvalue weighted by molar-refractivity contribution is -0.138. The van der Waals surface area contributed by atoms with Crippen LogP contribution in [0.4, 0.5) is 11.4 Å². The molecule has 2 saturated heterocycles. The highest BCUT2D eigenvalue weighted by Crippen LogP contribution is 2.63. The number of benzene rings is 4. The Labute approximate surface area is 258 Å². The molecule has 0 bridgehead atoms. The second-order valence-electron chi connectivity index (χ2n) is 11.7. The molecule has 7 rings (SSSR count). The maximum absolute atomic E-state index is 15.0. The van der Waals surface area contributed by atoms with E-state index in [4.69, 9.17) is 23.2 Å². The number of rotatable bonds is 4. The van der Waals surface area contributed by atoms with Crippen LogP contribution >= 0.6 is 23.2 Å². The molecule has 0 radical (unpaired) electrons. The molecule has 0 saturated carbocycles. The van der Waals surface area contributed by atoms with Gasteiger partial charge in [0.15, 0.2) is 0 Å². The van der Waals surface area contributed by atoms with E-state index in [2.05, 4.69) is 0 Å². The molecule has 2 aliphatic heterocycles. The molecule has 3 aliphatic rings. The van der Waals surface area contributed by atoms with E-state index >= 15 is 0 Å². The molecule has 0 unspecified atom stereocenters. The van der Waals surface area contributed by atoms with Crippen molar-refractivity contribution in [3.8, 4) is 0 Å². The summed E-state index contributed by atoms with van der Waals surface area (Å²) in [5.74, 6) is -5.01. The van der Waals surface area contributed by atoms with Crippen LogP contribution in [-0.4, -0.2) is 23.6 Å². The summed E-state index contributed by atoms with van der Waals surface area (Å²) in [7, 11) is 0. The standard InChI is InChI=1S/C35H26Cl2N2O4/c1-19-3-12-24(13-4-19)38-31(40)28-26-16-11-23(37)17-27(26)29-32(41)39(25-14-5-20(2)6-15-25)34(43)35(29,30(28)33(38)42)18-21-7-9-22(36)10-8-21/h3-17,28-30H,18H2,1-2H3/t28-,29-,30+,35-/m1/s1. The molecule has 2 heterocycles. The monoisotopic (exact) mass is 608 g/mol. The van der Waals surface area contributed by atoms with Crippen LogP contribution in [0.1, 0.15) is 39.7 Å². The van der Waals surface area contributed by atoms with Gasteiger partial charge in [-0.05, 0) is 85.5 Å². The minimum Gasteiger partial charge on any atom is -0.274 e. The summed E-state index contributed by atoms with van der Waals surface area (Å²) in [6.45, 7) is 3.84. The van der Waals surface area contributed by atoms with Crippen LogP contribution in [0.2, 0.25) is 10.0 Å². The molecule has 4 atom stereocenters. The van der Waals surface area contributed by atoms with Crippen LogP contribution in [0, 0.1) is 25.2 Å². The number of hydrogen-bond donors (Lipinski definition) is 0. The van der Waals surface area contributed by atoms with Gasteiger partial charge >= 0.3 is 0 Å². The number of fused-ring (bicyclic) bond motifs is 6. The lowest BCUT2D eigenvalue weighted by Gasteiger charge is -2.43. The van der Waals surface area contributed by atoms with E-state index in [-0.39, 0.29) is 6.42 Å². The first-order chi connectivity index (χ1) is 20.6. The van der Waals surface area contributed by atoms with Crippen molar-refractivity contribution in [2.75, 3.05) is 9.80 Å². The van der Waals surface area contributed by atoms with Gasteiger partial charge in [0.1, 0.15) is 0 Å². The van der Waals surface area contributed by atoms with Gasteiger partial charge in [0.25, 0.3) is 0 Å². The van der Waals surface area contributed by atoms with E-state index in [0.29, 0.717) is 32.5 Å². The molecular weight excluding hydrogens is 583 g/mol. The van der Waals surface area contributed by atoms with Gasteiger partial charge in [-0.3, -0.25) is 19.2 Å². The van der Waals surface area contributed by atoms with Crippen molar-refractivity contribution in [1.82, 2.24) is 0 Å². The molecule has 1 aliphatic carbocycles. The van der Waals surface area contributed by atoms with Crippen LogP contribution < -0.4 is 9.80 Å². The number of anilines is 2. The maximum Gasteiger partial charge on any atom is 0.242 e. The Morgan fingerprint density at radius 2 is 1.19 bits per heavy atom. The first-order valence-electron chi connectivity index (χ1n) is 14.0. The maximum atomic E-state index is 15.0. The Hall–Kier alpha value is -4.26. The molecule has 6 nitrogen and oxygen atoms in total. The molecule has 214 valence electrons. The van der Waals surface area contributed by atoms with Crippen molar-refractivity contribution in [1.29, 1.82) is 0 Å². The molecular formula is C35H26Cl2N2O4. The summed E-state index contributed by atoms with van der Waals surface area (Å²) in [4.78, 5) is 60.9. The summed E-state index contributed by atoms with van der Waals surface area (Å²) in [6.07, 6.45) is 0.0512. The van der Waals surface area contributed by atoms with E-state index in [9.17, 15) is 19.2 Å². The minimum absolute atomic E-state index is 0.0512. The third kappa shape index (κ3) is 4.00. The predicted molar refractivity (Wildman–Crippen MR) is 165 cm³/mol. The van der Waals surface area contributed by atoms with Gasteiger partial charge in [0.05, 0.1) is 34.5 Å². The zero-order valence-electron chi connectivity index (χ0n) is 23.4. The van der Waals surface area contributed by atoms with Crippen molar-refractivity contribution < 1.29 is 19.2 Å². The number of aryl methyl sites for hydroxylation is 2. The second-order valence-corrected chi connectivity index (χ2v) is 12.5. The van der Waals surface area contributed by atoms with Crippen LogP contribution in [0.5, 0.6) is 0 Å². The highest BCUT2D eigenvalue weighted by atomic mass is 35.5. The molecule has 0 aromatic heterocycles. The molecule has 2 fully saturated rings. The van der Waals surface area contributed by atoms with Gasteiger partial charge in [-0.1, -0.05) is 76.8 Å². The average Bonchev–Trinajstić information content (AvgIpc) is 3.38. The molecule has 43 heavy (non-hydrogen) atoms. The van der Waals surface area contributed by atoms with Gasteiger partial charge in [-0.15, -0.1) is 0 Å². The van der Waals surface area contributed by atoms with E-state index < -0.39 is 46.8 Å². The zero-order valence-corrected chi connectivity index (χ0v) is 24.9. The summed E-state index contributed by atoms with van der Waals surface area (Å²) in [5.41, 5.74) is 2.97. The fourth-order valence-corrected chi connectivity index (χ4v) is 7.51. The lowest BCUT2D eigenvalue weighted by Crippen LogP contribution is -2.51. The van der Waals surface area contributed by atoms with Crippen molar-refractivity contribution in [3.05, 3.63) is 129 Å². The van der Waals surface area contributed by atoms with Crippen molar-refractivity contribution in [3.63, 3.8) is 0 Å². The van der Waals surface area contributed by atoms with E-state index in [1.165, 1.54) is 9.80 Å². The molecule has 0 N–H and O–H groups in total. The number of amides is 4. The Balaban J connectivity index is 1.50. The number of hydrogen-bond acceptors (Lipinski definition) is 4. The average molecular weight is 610 g/mol. The van der Waals surface area contributed by atoms with Crippen molar-refractivity contribution in [2.24, 2.45) is 11.3 Å². The quantitative estimate of drug-likeness (QED) is 0.239. The third-order valence-corrected chi connectivity index (χ3v) is 9.62. The highest BCUT2D eigenvalue weighted by Gasteiger charge is 2.73. The highest BCUT2D eigenvalue weighted by molar-refractivity contribution is 6.33. The van der Waals surface area contributed by atoms with Gasteiger partial charge < -0.3 is 0 Å². The largest absolute Gasteiger partial charge is 0.274 e. The Kier molecular flexibility index (Phi) is 6.35. The molecule has 4 aromatic carbocycles. The minimum atomic E-state index is -1.59. The van der Waals surface area contributed by atoms with E-state index in [0.717, 1.165) is 16.7 Å².